The van der Waals surface area contributed by atoms with Crippen molar-refractivity contribution in [2.24, 2.45) is 0 Å². The molecular formula is C30H33N7O3. The average Bonchev–Trinajstić information content (AvgIpc) is 3.46. The van der Waals surface area contributed by atoms with Gasteiger partial charge in [0.25, 0.3) is 5.91 Å². The minimum absolute atomic E-state index is 0.0301. The number of aromatic nitrogens is 2. The van der Waals surface area contributed by atoms with E-state index < -0.39 is 0 Å². The second-order valence-electron chi connectivity index (χ2n) is 10.1. The molecule has 0 spiro atoms. The number of ether oxygens (including phenoxy) is 1. The number of benzene rings is 2. The molecule has 10 nitrogen and oxygen atoms in total. The first-order valence-corrected chi connectivity index (χ1v) is 13.7. The fourth-order valence-electron chi connectivity index (χ4n) is 5.49. The van der Waals surface area contributed by atoms with Gasteiger partial charge in [0.1, 0.15) is 12.1 Å². The summed E-state index contributed by atoms with van der Waals surface area (Å²) in [6.45, 7) is 11.0. The Morgan fingerprint density at radius 3 is 2.17 bits per heavy atom. The van der Waals surface area contributed by atoms with Crippen molar-refractivity contribution in [3.05, 3.63) is 84.3 Å². The van der Waals surface area contributed by atoms with E-state index in [1.54, 1.807) is 11.2 Å². The van der Waals surface area contributed by atoms with Gasteiger partial charge in [-0.05, 0) is 54.6 Å². The molecule has 10 heteroatoms. The summed E-state index contributed by atoms with van der Waals surface area (Å²) in [5.74, 6) is 0.827. The number of hydrogen-bond donors (Lipinski definition) is 1. The zero-order valence-electron chi connectivity index (χ0n) is 22.5. The van der Waals surface area contributed by atoms with Crippen LogP contribution < -0.4 is 20.0 Å². The number of hydrogen-bond acceptors (Lipinski definition) is 8. The van der Waals surface area contributed by atoms with E-state index in [4.69, 9.17) is 4.74 Å². The molecule has 1 aromatic heterocycles. The van der Waals surface area contributed by atoms with E-state index in [0.29, 0.717) is 18.7 Å². The molecule has 40 heavy (non-hydrogen) atoms. The molecule has 0 radical (unpaired) electrons. The maximum atomic E-state index is 12.9. The molecule has 3 aliphatic heterocycles. The van der Waals surface area contributed by atoms with Gasteiger partial charge in [0, 0.05) is 74.0 Å². The van der Waals surface area contributed by atoms with Gasteiger partial charge in [0.05, 0.1) is 25.5 Å². The van der Waals surface area contributed by atoms with Crippen LogP contribution in [-0.4, -0.2) is 79.2 Å². The molecule has 3 aliphatic rings. The van der Waals surface area contributed by atoms with Gasteiger partial charge >= 0.3 is 0 Å². The lowest BCUT2D eigenvalue weighted by atomic mass is 10.1. The standard InChI is InChI=1S/C30H33N7O3/c1-2-28(38)35-13-11-34(12-14-35)24-7-3-22(4-8-24)30(39)33-23-5-9-25(10-6-23)37-19-26-27(20-37)31-21-32-29(26)36-15-17-40-18-16-36/h2-10,21H,1,11-20H2,(H,33,39). The van der Waals surface area contributed by atoms with Crippen LogP contribution in [0.25, 0.3) is 0 Å². The Morgan fingerprint density at radius 2 is 1.48 bits per heavy atom. The molecule has 0 bridgehead atoms. The van der Waals surface area contributed by atoms with Crippen LogP contribution in [0, 0.1) is 0 Å². The van der Waals surface area contributed by atoms with E-state index in [-0.39, 0.29) is 11.8 Å². The highest BCUT2D eigenvalue weighted by atomic mass is 16.5. The number of morpholine rings is 1. The third kappa shape index (κ3) is 5.35. The van der Waals surface area contributed by atoms with Crippen molar-refractivity contribution in [2.75, 3.05) is 72.5 Å². The Bertz CT molecular complexity index is 1380. The molecule has 3 aromatic rings. The third-order valence-electron chi connectivity index (χ3n) is 7.76. The van der Waals surface area contributed by atoms with Crippen molar-refractivity contribution in [1.29, 1.82) is 0 Å². The van der Waals surface area contributed by atoms with Crippen molar-refractivity contribution in [3.63, 3.8) is 0 Å². The van der Waals surface area contributed by atoms with Crippen LogP contribution in [0.15, 0.2) is 67.5 Å². The number of anilines is 4. The second kappa shape index (κ2) is 11.4. The van der Waals surface area contributed by atoms with Gasteiger partial charge in [0.2, 0.25) is 5.91 Å². The molecule has 1 N–H and O–H groups in total. The molecule has 2 fully saturated rings. The van der Waals surface area contributed by atoms with Gasteiger partial charge in [-0.25, -0.2) is 9.97 Å². The van der Waals surface area contributed by atoms with Crippen LogP contribution in [0.2, 0.25) is 0 Å². The first-order chi connectivity index (χ1) is 19.6. The molecule has 6 rings (SSSR count). The normalized spacial score (nSPS) is 17.0. The van der Waals surface area contributed by atoms with Gasteiger partial charge < -0.3 is 29.7 Å². The van der Waals surface area contributed by atoms with Gasteiger partial charge in [0.15, 0.2) is 0 Å². The highest BCUT2D eigenvalue weighted by Crippen LogP contribution is 2.33. The van der Waals surface area contributed by atoms with E-state index >= 15 is 0 Å². The fraction of sp³-hybridized carbons (Fsp3) is 0.333. The quantitative estimate of drug-likeness (QED) is 0.478. The molecule has 2 saturated heterocycles. The minimum Gasteiger partial charge on any atom is -0.378 e. The van der Waals surface area contributed by atoms with Crippen LogP contribution in [0.3, 0.4) is 0 Å². The number of carbonyl (C=O) groups is 2. The summed E-state index contributed by atoms with van der Waals surface area (Å²) < 4.78 is 5.50. The monoisotopic (exact) mass is 539 g/mol. The van der Waals surface area contributed by atoms with Crippen LogP contribution in [0.4, 0.5) is 22.9 Å². The van der Waals surface area contributed by atoms with E-state index in [9.17, 15) is 9.59 Å². The number of fused-ring (bicyclic) bond motifs is 1. The van der Waals surface area contributed by atoms with E-state index in [0.717, 1.165) is 81.1 Å². The molecular weight excluding hydrogens is 506 g/mol. The second-order valence-corrected chi connectivity index (χ2v) is 10.1. The largest absolute Gasteiger partial charge is 0.378 e. The Hall–Kier alpha value is -4.44. The highest BCUT2D eigenvalue weighted by molar-refractivity contribution is 6.04. The van der Waals surface area contributed by atoms with Crippen LogP contribution in [0.1, 0.15) is 21.6 Å². The molecule has 0 unspecified atom stereocenters. The Balaban J connectivity index is 1.05. The van der Waals surface area contributed by atoms with Crippen molar-refractivity contribution in [2.45, 2.75) is 13.1 Å². The molecule has 0 aliphatic carbocycles. The summed E-state index contributed by atoms with van der Waals surface area (Å²) in [7, 11) is 0. The van der Waals surface area contributed by atoms with Crippen molar-refractivity contribution >= 4 is 34.7 Å². The van der Waals surface area contributed by atoms with Crippen molar-refractivity contribution in [3.8, 4) is 0 Å². The number of piperazine rings is 1. The molecule has 2 amide bonds. The summed E-state index contributed by atoms with van der Waals surface area (Å²) in [6, 6.07) is 15.5. The molecule has 4 heterocycles. The van der Waals surface area contributed by atoms with E-state index in [2.05, 4.69) is 36.6 Å². The summed E-state index contributed by atoms with van der Waals surface area (Å²) in [5, 5.41) is 3.00. The molecule has 206 valence electrons. The SMILES string of the molecule is C=CC(=O)N1CCN(c2ccc(C(=O)Nc3ccc(N4Cc5ncnc(N6CCOCC6)c5C4)cc3)cc2)CC1. The lowest BCUT2D eigenvalue weighted by Gasteiger charge is -2.35. The number of amides is 2. The highest BCUT2D eigenvalue weighted by Gasteiger charge is 2.27. The van der Waals surface area contributed by atoms with E-state index in [1.807, 2.05) is 48.5 Å². The van der Waals surface area contributed by atoms with E-state index in [1.165, 1.54) is 11.6 Å². The van der Waals surface area contributed by atoms with Crippen LogP contribution >= 0.6 is 0 Å². The van der Waals surface area contributed by atoms with Crippen molar-refractivity contribution in [1.82, 2.24) is 14.9 Å². The predicted octanol–water partition coefficient (Wildman–Crippen LogP) is 2.92. The zero-order valence-corrected chi connectivity index (χ0v) is 22.5. The first-order valence-electron chi connectivity index (χ1n) is 13.7. The number of nitrogens with one attached hydrogen (secondary N) is 1. The number of carbonyl (C=O) groups excluding carboxylic acids is 2. The summed E-state index contributed by atoms with van der Waals surface area (Å²) in [5.41, 5.74) is 5.69. The lowest BCUT2D eigenvalue weighted by molar-refractivity contribution is -0.126. The summed E-state index contributed by atoms with van der Waals surface area (Å²) in [4.78, 5) is 42.4. The lowest BCUT2D eigenvalue weighted by Crippen LogP contribution is -2.48. The smallest absolute Gasteiger partial charge is 0.255 e. The van der Waals surface area contributed by atoms with Gasteiger partial charge in [-0.3, -0.25) is 9.59 Å². The topological polar surface area (TPSA) is 94.1 Å². The maximum Gasteiger partial charge on any atom is 0.255 e. The van der Waals surface area contributed by atoms with Gasteiger partial charge in [-0.15, -0.1) is 0 Å². The predicted molar refractivity (Wildman–Crippen MR) is 155 cm³/mol. The average molecular weight is 540 g/mol. The Morgan fingerprint density at radius 1 is 0.800 bits per heavy atom. The molecule has 0 saturated carbocycles. The Labute approximate surface area is 233 Å². The van der Waals surface area contributed by atoms with Crippen LogP contribution in [0.5, 0.6) is 0 Å². The first kappa shape index (κ1) is 25.8. The van der Waals surface area contributed by atoms with Crippen molar-refractivity contribution < 1.29 is 14.3 Å². The third-order valence-corrected chi connectivity index (χ3v) is 7.76. The maximum absolute atomic E-state index is 12.9. The minimum atomic E-state index is -0.153. The summed E-state index contributed by atoms with van der Waals surface area (Å²) >= 11 is 0. The number of rotatable bonds is 6. The molecule has 0 atom stereocenters. The molecule has 2 aromatic carbocycles. The zero-order chi connectivity index (χ0) is 27.5. The fourth-order valence-corrected chi connectivity index (χ4v) is 5.49. The Kier molecular flexibility index (Phi) is 7.33. The number of nitrogens with zero attached hydrogens (tertiary/aromatic N) is 6. The van der Waals surface area contributed by atoms with Crippen LogP contribution in [-0.2, 0) is 22.6 Å². The summed E-state index contributed by atoms with van der Waals surface area (Å²) in [6.07, 6.45) is 3.02. The van der Waals surface area contributed by atoms with Gasteiger partial charge in [-0.2, -0.15) is 0 Å². The van der Waals surface area contributed by atoms with Gasteiger partial charge in [-0.1, -0.05) is 6.58 Å².